The largest absolute Gasteiger partial charge is 0.353 e. The molecule has 6 heteroatoms. The third kappa shape index (κ3) is 4.39. The minimum atomic E-state index is -0.107. The lowest BCUT2D eigenvalue weighted by molar-refractivity contribution is -0.126. The molecule has 2 N–H and O–H groups in total. The van der Waals surface area contributed by atoms with Gasteiger partial charge in [-0.05, 0) is 38.0 Å². The van der Waals surface area contributed by atoms with E-state index in [4.69, 9.17) is 4.98 Å². The lowest BCUT2D eigenvalue weighted by Gasteiger charge is -2.24. The Morgan fingerprint density at radius 1 is 1.21 bits per heavy atom. The number of likely N-dealkylation sites (tertiary alicyclic amines) is 1. The number of benzene rings is 2. The molecule has 28 heavy (non-hydrogen) atoms. The van der Waals surface area contributed by atoms with E-state index in [2.05, 4.69) is 39.5 Å². The fraction of sp³-hybridized carbons (Fsp3) is 0.364. The second-order valence-electron chi connectivity index (χ2n) is 7.63. The summed E-state index contributed by atoms with van der Waals surface area (Å²) in [5.41, 5.74) is 3.27. The third-order valence-electron chi connectivity index (χ3n) is 4.97. The van der Waals surface area contributed by atoms with Gasteiger partial charge in [-0.25, -0.2) is 4.98 Å². The number of hydrogen-bond donors (Lipinski definition) is 2. The van der Waals surface area contributed by atoms with Gasteiger partial charge in [0.1, 0.15) is 0 Å². The lowest BCUT2D eigenvalue weighted by Crippen LogP contribution is -2.45. The SMILES string of the molecule is CC(C)NC(=O)[C@@H]1C[C@H](Sc2nc3ccccc3[nH]2)CN1Cc1ccccc1. The quantitative estimate of drug-likeness (QED) is 0.667. The zero-order valence-corrected chi connectivity index (χ0v) is 17.1. The zero-order chi connectivity index (χ0) is 19.5. The molecular formula is C22H26N4OS. The van der Waals surface area contributed by atoms with Crippen LogP contribution in [0.1, 0.15) is 25.8 Å². The van der Waals surface area contributed by atoms with Crippen molar-refractivity contribution in [3.05, 3.63) is 60.2 Å². The standard InChI is InChI=1S/C22H26N4OS/c1-15(2)23-21(27)20-12-17(14-26(20)13-16-8-4-3-5-9-16)28-22-24-18-10-6-7-11-19(18)25-22/h3-11,15,17,20H,12-14H2,1-2H3,(H,23,27)(H,24,25)/t17-,20-/m0/s1. The summed E-state index contributed by atoms with van der Waals surface area (Å²) in [4.78, 5) is 23.2. The molecule has 0 spiro atoms. The Bertz CT molecular complexity index is 907. The summed E-state index contributed by atoms with van der Waals surface area (Å²) in [6.45, 7) is 5.67. The summed E-state index contributed by atoms with van der Waals surface area (Å²) in [6, 6.07) is 18.5. The predicted molar refractivity (Wildman–Crippen MR) is 114 cm³/mol. The summed E-state index contributed by atoms with van der Waals surface area (Å²) in [7, 11) is 0. The number of aromatic nitrogens is 2. The Balaban J connectivity index is 1.50. The van der Waals surface area contributed by atoms with E-state index in [9.17, 15) is 4.79 Å². The van der Waals surface area contributed by atoms with Crippen LogP contribution in [0.25, 0.3) is 11.0 Å². The maximum absolute atomic E-state index is 12.8. The molecule has 2 aromatic carbocycles. The van der Waals surface area contributed by atoms with Gasteiger partial charge in [-0.1, -0.05) is 54.2 Å². The molecule has 0 radical (unpaired) electrons. The first kappa shape index (κ1) is 19.0. The summed E-state index contributed by atoms with van der Waals surface area (Å²) in [5, 5.41) is 4.35. The first-order valence-electron chi connectivity index (χ1n) is 9.78. The van der Waals surface area contributed by atoms with Crippen molar-refractivity contribution in [1.82, 2.24) is 20.2 Å². The highest BCUT2D eigenvalue weighted by atomic mass is 32.2. The third-order valence-corrected chi connectivity index (χ3v) is 6.06. The fourth-order valence-electron chi connectivity index (χ4n) is 3.74. The molecule has 1 aliphatic heterocycles. The molecule has 5 nitrogen and oxygen atoms in total. The van der Waals surface area contributed by atoms with Crippen molar-refractivity contribution in [3.63, 3.8) is 0 Å². The summed E-state index contributed by atoms with van der Waals surface area (Å²) in [5.74, 6) is 0.124. The summed E-state index contributed by atoms with van der Waals surface area (Å²) in [6.07, 6.45) is 0.826. The number of nitrogens with one attached hydrogen (secondary N) is 2. The van der Waals surface area contributed by atoms with Gasteiger partial charge in [0.15, 0.2) is 5.16 Å². The minimum Gasteiger partial charge on any atom is -0.353 e. The Morgan fingerprint density at radius 3 is 2.71 bits per heavy atom. The average Bonchev–Trinajstić information content (AvgIpc) is 3.25. The second-order valence-corrected chi connectivity index (χ2v) is 8.92. The first-order valence-corrected chi connectivity index (χ1v) is 10.7. The van der Waals surface area contributed by atoms with Gasteiger partial charge in [0.2, 0.25) is 5.91 Å². The van der Waals surface area contributed by atoms with Crippen molar-refractivity contribution < 1.29 is 4.79 Å². The van der Waals surface area contributed by atoms with Gasteiger partial charge in [0.05, 0.1) is 17.1 Å². The van der Waals surface area contributed by atoms with Crippen LogP contribution in [0.5, 0.6) is 0 Å². The van der Waals surface area contributed by atoms with Crippen LogP contribution in [0.4, 0.5) is 0 Å². The smallest absolute Gasteiger partial charge is 0.237 e. The van der Waals surface area contributed by atoms with Gasteiger partial charge in [-0.2, -0.15) is 0 Å². The maximum Gasteiger partial charge on any atom is 0.237 e. The van der Waals surface area contributed by atoms with Crippen LogP contribution in [-0.2, 0) is 11.3 Å². The first-order chi connectivity index (χ1) is 13.6. The zero-order valence-electron chi connectivity index (χ0n) is 16.3. The molecular weight excluding hydrogens is 368 g/mol. The van der Waals surface area contributed by atoms with E-state index in [0.29, 0.717) is 5.25 Å². The van der Waals surface area contributed by atoms with Crippen molar-refractivity contribution >= 4 is 28.7 Å². The van der Waals surface area contributed by atoms with Crippen LogP contribution in [-0.4, -0.2) is 44.7 Å². The van der Waals surface area contributed by atoms with Gasteiger partial charge in [-0.15, -0.1) is 0 Å². The average molecular weight is 395 g/mol. The molecule has 3 aromatic rings. The second kappa shape index (κ2) is 8.37. The molecule has 1 aromatic heterocycles. The van der Waals surface area contributed by atoms with E-state index >= 15 is 0 Å². The molecule has 1 fully saturated rings. The van der Waals surface area contributed by atoms with E-state index < -0.39 is 0 Å². The van der Waals surface area contributed by atoms with Gasteiger partial charge in [-0.3, -0.25) is 9.69 Å². The van der Waals surface area contributed by atoms with Crippen LogP contribution >= 0.6 is 11.8 Å². The highest BCUT2D eigenvalue weighted by Crippen LogP contribution is 2.33. The molecule has 1 aliphatic rings. The molecule has 0 bridgehead atoms. The summed E-state index contributed by atoms with van der Waals surface area (Å²) < 4.78 is 0. The van der Waals surface area contributed by atoms with Gasteiger partial charge in [0, 0.05) is 24.4 Å². The highest BCUT2D eigenvalue weighted by Gasteiger charge is 2.37. The predicted octanol–water partition coefficient (Wildman–Crippen LogP) is 3.82. The number of para-hydroxylation sites is 2. The number of carbonyl (C=O) groups is 1. The van der Waals surface area contributed by atoms with Crippen LogP contribution in [0, 0.1) is 0 Å². The number of fused-ring (bicyclic) bond motifs is 1. The topological polar surface area (TPSA) is 61.0 Å². The number of hydrogen-bond acceptors (Lipinski definition) is 4. The Labute approximate surface area is 169 Å². The number of amides is 1. The molecule has 1 saturated heterocycles. The molecule has 2 heterocycles. The Morgan fingerprint density at radius 2 is 1.96 bits per heavy atom. The highest BCUT2D eigenvalue weighted by molar-refractivity contribution is 7.99. The van der Waals surface area contributed by atoms with Gasteiger partial charge in [0.25, 0.3) is 0 Å². The number of aromatic amines is 1. The number of rotatable bonds is 6. The van der Waals surface area contributed by atoms with Crippen molar-refractivity contribution in [2.45, 2.75) is 49.3 Å². The van der Waals surface area contributed by atoms with Crippen molar-refractivity contribution in [1.29, 1.82) is 0 Å². The maximum atomic E-state index is 12.8. The van der Waals surface area contributed by atoms with Gasteiger partial charge < -0.3 is 10.3 Å². The number of H-pyrrole nitrogens is 1. The van der Waals surface area contributed by atoms with Crippen molar-refractivity contribution in [2.24, 2.45) is 0 Å². The normalized spacial score (nSPS) is 20.1. The molecule has 0 saturated carbocycles. The monoisotopic (exact) mass is 394 g/mol. The van der Waals surface area contributed by atoms with Crippen LogP contribution in [0.15, 0.2) is 59.8 Å². The molecule has 1 amide bonds. The van der Waals surface area contributed by atoms with Crippen LogP contribution in [0.2, 0.25) is 0 Å². The number of thioether (sulfide) groups is 1. The molecule has 0 unspecified atom stereocenters. The van der Waals surface area contributed by atoms with Crippen molar-refractivity contribution in [2.75, 3.05) is 6.54 Å². The number of carbonyl (C=O) groups excluding carboxylic acids is 1. The Hall–Kier alpha value is -2.31. The van der Waals surface area contributed by atoms with E-state index in [1.165, 1.54) is 5.56 Å². The van der Waals surface area contributed by atoms with Crippen LogP contribution < -0.4 is 5.32 Å². The molecule has 4 rings (SSSR count). The number of imidazole rings is 1. The van der Waals surface area contributed by atoms with E-state index in [-0.39, 0.29) is 18.0 Å². The van der Waals surface area contributed by atoms with Crippen molar-refractivity contribution in [3.8, 4) is 0 Å². The molecule has 0 aliphatic carbocycles. The number of nitrogens with zero attached hydrogens (tertiary/aromatic N) is 2. The summed E-state index contributed by atoms with van der Waals surface area (Å²) >= 11 is 1.74. The lowest BCUT2D eigenvalue weighted by atomic mass is 10.1. The molecule has 146 valence electrons. The van der Waals surface area contributed by atoms with E-state index in [0.717, 1.165) is 35.7 Å². The van der Waals surface area contributed by atoms with Gasteiger partial charge >= 0.3 is 0 Å². The minimum absolute atomic E-state index is 0.107. The molecule has 2 atom stereocenters. The van der Waals surface area contributed by atoms with E-state index in [1.54, 1.807) is 11.8 Å². The van der Waals surface area contributed by atoms with Crippen LogP contribution in [0.3, 0.4) is 0 Å². The van der Waals surface area contributed by atoms with E-state index in [1.807, 2.05) is 44.2 Å². The Kier molecular flexibility index (Phi) is 5.69. The fourth-order valence-corrected chi connectivity index (χ4v) is 4.92.